The average Bonchev–Trinajstić information content (AvgIpc) is 2.58. The minimum atomic E-state index is 0. The van der Waals surface area contributed by atoms with Gasteiger partial charge in [-0.2, -0.15) is 5.92 Å². The standard InChI is InChI=1S/C20H24S.U/c1-4-10-18(11-5-1)16-17-21(19-12-6-2-7-13-19)20-14-8-3-9-15-20;/h2-3,6-9,12-16,18H,1,4-5,10-11,17H2;. The molecule has 0 amide bonds. The van der Waals surface area contributed by atoms with Crippen LogP contribution >= 0.6 is 0 Å². The van der Waals surface area contributed by atoms with Gasteiger partial charge in [0.25, 0.3) is 0 Å². The summed E-state index contributed by atoms with van der Waals surface area (Å²) >= 11 is 0. The first-order valence-electron chi connectivity index (χ1n) is 8.08. The van der Waals surface area contributed by atoms with Crippen molar-refractivity contribution in [2.24, 2.45) is 5.92 Å². The van der Waals surface area contributed by atoms with Gasteiger partial charge in [0.2, 0.25) is 0 Å². The van der Waals surface area contributed by atoms with Crippen molar-refractivity contribution < 1.29 is 31.1 Å². The van der Waals surface area contributed by atoms with Crippen LogP contribution in [0, 0.1) is 43.5 Å². The molecular weight excluding hydrogens is 510 g/mol. The van der Waals surface area contributed by atoms with Crippen molar-refractivity contribution in [1.29, 1.82) is 0 Å². The molecule has 0 atom stereocenters. The van der Waals surface area contributed by atoms with Crippen LogP contribution in [-0.2, 0) is 10.9 Å². The largest absolute Gasteiger partial charge is 0.276 e. The van der Waals surface area contributed by atoms with Crippen molar-refractivity contribution >= 4 is 10.9 Å². The molecule has 114 valence electrons. The van der Waals surface area contributed by atoms with Gasteiger partial charge in [-0.25, -0.2) is 0 Å². The van der Waals surface area contributed by atoms with E-state index in [1.54, 1.807) is 0 Å². The van der Waals surface area contributed by atoms with Gasteiger partial charge in [0.15, 0.2) is 9.79 Å². The van der Waals surface area contributed by atoms with Crippen molar-refractivity contribution in [2.45, 2.75) is 41.9 Å². The molecule has 0 saturated heterocycles. The van der Waals surface area contributed by atoms with Crippen LogP contribution in [0.15, 0.2) is 70.5 Å². The molecule has 0 N–H and O–H groups in total. The SMILES string of the molecule is [U].c1ccc([S+](C[CH-]C2CCCCC2)c2ccccc2)cc1. The molecule has 0 aromatic heterocycles. The van der Waals surface area contributed by atoms with Crippen molar-refractivity contribution in [3.63, 3.8) is 0 Å². The van der Waals surface area contributed by atoms with Gasteiger partial charge < -0.3 is 0 Å². The van der Waals surface area contributed by atoms with Crippen LogP contribution in [-0.4, -0.2) is 5.75 Å². The Balaban J connectivity index is 0.00000176. The summed E-state index contributed by atoms with van der Waals surface area (Å²) in [5.41, 5.74) is 0. The second-order valence-electron chi connectivity index (χ2n) is 5.82. The van der Waals surface area contributed by atoms with E-state index in [0.717, 1.165) is 5.92 Å². The molecule has 22 heavy (non-hydrogen) atoms. The summed E-state index contributed by atoms with van der Waals surface area (Å²) in [4.78, 5) is 2.94. The maximum Gasteiger partial charge on any atom is 0.157 e. The Labute approximate surface area is 161 Å². The van der Waals surface area contributed by atoms with E-state index < -0.39 is 0 Å². The molecule has 2 heteroatoms. The Morgan fingerprint density at radius 3 is 1.77 bits per heavy atom. The first-order valence-corrected chi connectivity index (χ1v) is 9.47. The van der Waals surface area contributed by atoms with E-state index in [2.05, 4.69) is 67.1 Å². The summed E-state index contributed by atoms with van der Waals surface area (Å²) < 4.78 is 0. The second-order valence-corrected chi connectivity index (χ2v) is 7.87. The molecule has 1 saturated carbocycles. The summed E-state index contributed by atoms with van der Waals surface area (Å²) in [6, 6.07) is 22.0. The zero-order valence-electron chi connectivity index (χ0n) is 13.1. The molecule has 0 bridgehead atoms. The summed E-state index contributed by atoms with van der Waals surface area (Å²) in [6.45, 7) is 0. The third-order valence-corrected chi connectivity index (χ3v) is 6.51. The van der Waals surface area contributed by atoms with E-state index in [-0.39, 0.29) is 42.0 Å². The van der Waals surface area contributed by atoms with Crippen molar-refractivity contribution in [2.75, 3.05) is 5.75 Å². The van der Waals surface area contributed by atoms with Gasteiger partial charge in [0.1, 0.15) is 0 Å². The fourth-order valence-corrected chi connectivity index (χ4v) is 5.19. The van der Waals surface area contributed by atoms with E-state index in [1.807, 2.05) is 0 Å². The molecule has 1 aliphatic rings. The van der Waals surface area contributed by atoms with Crippen molar-refractivity contribution in [1.82, 2.24) is 0 Å². The smallest absolute Gasteiger partial charge is 0.157 e. The minimum Gasteiger partial charge on any atom is -0.276 e. The fourth-order valence-electron chi connectivity index (χ4n) is 3.10. The summed E-state index contributed by atoms with van der Waals surface area (Å²) in [5.74, 6) is 2.04. The van der Waals surface area contributed by atoms with E-state index in [9.17, 15) is 0 Å². The van der Waals surface area contributed by atoms with Crippen LogP contribution in [0.5, 0.6) is 0 Å². The van der Waals surface area contributed by atoms with Gasteiger partial charge in [-0.3, -0.25) is 6.42 Å². The third-order valence-electron chi connectivity index (χ3n) is 4.30. The maximum absolute atomic E-state index is 2.61. The van der Waals surface area contributed by atoms with Gasteiger partial charge >= 0.3 is 0 Å². The Bertz CT molecular complexity index is 480. The average molecular weight is 535 g/mol. The summed E-state index contributed by atoms with van der Waals surface area (Å²) in [6.07, 6.45) is 9.70. The molecule has 0 nitrogen and oxygen atoms in total. The molecule has 3 rings (SSSR count). The van der Waals surface area contributed by atoms with Gasteiger partial charge in [0, 0.05) is 47.8 Å². The summed E-state index contributed by atoms with van der Waals surface area (Å²) in [7, 11) is 0.192. The predicted octanol–water partition coefficient (Wildman–Crippen LogP) is 5.51. The number of hydrogen-bond donors (Lipinski definition) is 0. The van der Waals surface area contributed by atoms with Crippen molar-refractivity contribution in [3.8, 4) is 0 Å². The zero-order chi connectivity index (χ0) is 14.3. The number of hydrogen-bond acceptors (Lipinski definition) is 0. The van der Waals surface area contributed by atoms with Gasteiger partial charge in [-0.05, 0) is 24.3 Å². The molecule has 2 aromatic carbocycles. The monoisotopic (exact) mass is 534 g/mol. The Morgan fingerprint density at radius 1 is 0.773 bits per heavy atom. The predicted molar refractivity (Wildman–Crippen MR) is 92.5 cm³/mol. The van der Waals surface area contributed by atoms with Crippen LogP contribution in [0.2, 0.25) is 0 Å². The van der Waals surface area contributed by atoms with Crippen LogP contribution in [0.25, 0.3) is 0 Å². The number of rotatable bonds is 5. The molecule has 1 fully saturated rings. The van der Waals surface area contributed by atoms with E-state index in [1.165, 1.54) is 47.6 Å². The molecule has 0 unspecified atom stereocenters. The Morgan fingerprint density at radius 2 is 1.27 bits per heavy atom. The van der Waals surface area contributed by atoms with E-state index in [4.69, 9.17) is 0 Å². The molecule has 2 aromatic rings. The number of benzene rings is 2. The molecule has 0 spiro atoms. The first kappa shape index (κ1) is 18.2. The quantitative estimate of drug-likeness (QED) is 0.351. The minimum absolute atomic E-state index is 0. The van der Waals surface area contributed by atoms with E-state index in [0.29, 0.717) is 0 Å². The molecular formula is C20H24SU. The fraction of sp³-hybridized carbons (Fsp3) is 0.350. The van der Waals surface area contributed by atoms with Crippen LogP contribution < -0.4 is 0 Å². The molecule has 0 aliphatic heterocycles. The topological polar surface area (TPSA) is 0 Å². The van der Waals surface area contributed by atoms with Gasteiger partial charge in [0.05, 0.1) is 0 Å². The van der Waals surface area contributed by atoms with E-state index >= 15 is 0 Å². The van der Waals surface area contributed by atoms with Crippen LogP contribution in [0.4, 0.5) is 0 Å². The van der Waals surface area contributed by atoms with Crippen LogP contribution in [0.1, 0.15) is 32.1 Å². The normalized spacial score (nSPS) is 15.5. The molecule has 0 heterocycles. The summed E-state index contributed by atoms with van der Waals surface area (Å²) in [5, 5.41) is 0. The maximum atomic E-state index is 2.61. The zero-order valence-corrected chi connectivity index (χ0v) is 18.1. The second kappa shape index (κ2) is 9.86. The Kier molecular flexibility index (Phi) is 8.15. The van der Waals surface area contributed by atoms with Gasteiger partial charge in [-0.1, -0.05) is 68.5 Å². The van der Waals surface area contributed by atoms with Crippen molar-refractivity contribution in [3.05, 3.63) is 67.1 Å². The molecule has 0 radical (unpaired) electrons. The van der Waals surface area contributed by atoms with Crippen LogP contribution in [0.3, 0.4) is 0 Å². The third kappa shape index (κ3) is 5.19. The molecule has 1 aliphatic carbocycles. The van der Waals surface area contributed by atoms with Gasteiger partial charge in [-0.15, -0.1) is 0 Å². The first-order chi connectivity index (χ1) is 10.4. The Hall–Kier alpha value is -0.158.